The lowest BCUT2D eigenvalue weighted by Crippen LogP contribution is -2.05. The maximum Gasteiger partial charge on any atom is 0.176 e. The Morgan fingerprint density at radius 2 is 1.95 bits per heavy atom. The van der Waals surface area contributed by atoms with Gasteiger partial charge in [-0.1, -0.05) is 6.07 Å². The highest BCUT2D eigenvalue weighted by molar-refractivity contribution is 8.00. The molecule has 0 saturated heterocycles. The molecule has 21 heavy (non-hydrogen) atoms. The summed E-state index contributed by atoms with van der Waals surface area (Å²) < 4.78 is 23.4. The zero-order valence-corrected chi connectivity index (χ0v) is 12.6. The molecule has 3 nitrogen and oxygen atoms in total. The van der Waals surface area contributed by atoms with E-state index < -0.39 is 0 Å². The maximum atomic E-state index is 13.1. The van der Waals surface area contributed by atoms with Crippen molar-refractivity contribution in [3.63, 3.8) is 0 Å². The molecule has 0 heterocycles. The van der Waals surface area contributed by atoms with Crippen LogP contribution in [0.15, 0.2) is 47.4 Å². The number of ketones is 1. The minimum absolute atomic E-state index is 0.0798. The number of ether oxygens (including phenoxy) is 2. The van der Waals surface area contributed by atoms with Crippen molar-refractivity contribution in [1.29, 1.82) is 0 Å². The van der Waals surface area contributed by atoms with E-state index in [1.165, 1.54) is 31.0 Å². The lowest BCUT2D eigenvalue weighted by atomic mass is 10.1. The van der Waals surface area contributed by atoms with Crippen molar-refractivity contribution in [2.45, 2.75) is 4.90 Å². The zero-order chi connectivity index (χ0) is 15.2. The number of hydrogen-bond donors (Lipinski definition) is 0. The molecule has 2 aromatic rings. The van der Waals surface area contributed by atoms with Gasteiger partial charge in [0.1, 0.15) is 17.3 Å². The summed E-state index contributed by atoms with van der Waals surface area (Å²) in [7, 11) is 3.06. The van der Waals surface area contributed by atoms with Crippen LogP contribution in [-0.2, 0) is 0 Å². The third kappa shape index (κ3) is 3.98. The van der Waals surface area contributed by atoms with Crippen LogP contribution >= 0.6 is 11.8 Å². The van der Waals surface area contributed by atoms with Crippen LogP contribution in [-0.4, -0.2) is 25.8 Å². The van der Waals surface area contributed by atoms with E-state index in [1.807, 2.05) is 0 Å². The van der Waals surface area contributed by atoms with E-state index in [0.717, 1.165) is 4.90 Å². The van der Waals surface area contributed by atoms with E-state index in [4.69, 9.17) is 9.47 Å². The van der Waals surface area contributed by atoms with E-state index >= 15 is 0 Å². The van der Waals surface area contributed by atoms with E-state index in [2.05, 4.69) is 0 Å². The molecule has 0 bridgehead atoms. The van der Waals surface area contributed by atoms with Gasteiger partial charge < -0.3 is 9.47 Å². The van der Waals surface area contributed by atoms with Crippen LogP contribution in [0.1, 0.15) is 10.4 Å². The molecule has 0 aliphatic heterocycles. The Hall–Kier alpha value is -2.01. The zero-order valence-electron chi connectivity index (χ0n) is 11.8. The monoisotopic (exact) mass is 306 g/mol. The van der Waals surface area contributed by atoms with Crippen LogP contribution < -0.4 is 9.47 Å². The van der Waals surface area contributed by atoms with Gasteiger partial charge in [-0.15, -0.1) is 11.8 Å². The second-order valence-electron chi connectivity index (χ2n) is 4.24. The Labute approximate surface area is 127 Å². The van der Waals surface area contributed by atoms with Gasteiger partial charge in [-0.3, -0.25) is 4.79 Å². The van der Waals surface area contributed by atoms with Gasteiger partial charge in [0.05, 0.1) is 25.5 Å². The van der Waals surface area contributed by atoms with Gasteiger partial charge in [0.2, 0.25) is 0 Å². The van der Waals surface area contributed by atoms with Crippen molar-refractivity contribution in [2.75, 3.05) is 20.0 Å². The molecule has 0 radical (unpaired) electrons. The minimum Gasteiger partial charge on any atom is -0.497 e. The number of benzene rings is 2. The van der Waals surface area contributed by atoms with Crippen molar-refractivity contribution in [2.24, 2.45) is 0 Å². The fourth-order valence-electron chi connectivity index (χ4n) is 1.81. The largest absolute Gasteiger partial charge is 0.497 e. The van der Waals surface area contributed by atoms with Crippen LogP contribution in [0.5, 0.6) is 11.5 Å². The molecule has 0 N–H and O–H groups in total. The molecule has 0 atom stereocenters. The number of rotatable bonds is 6. The SMILES string of the molecule is COc1ccc(C(=O)CSc2cccc(F)c2)c(OC)c1. The number of Topliss-reactive ketones (excluding diaryl/α,β-unsaturated/α-hetero) is 1. The van der Waals surface area contributed by atoms with E-state index in [1.54, 1.807) is 37.4 Å². The molecule has 2 aromatic carbocycles. The molecule has 0 amide bonds. The standard InChI is InChI=1S/C16H15FO3S/c1-19-12-6-7-14(16(9-12)20-2)15(18)10-21-13-5-3-4-11(17)8-13/h3-9H,10H2,1-2H3. The molecule has 0 unspecified atom stereocenters. The Balaban J connectivity index is 2.10. The normalized spacial score (nSPS) is 10.2. The summed E-state index contributed by atoms with van der Waals surface area (Å²) in [6, 6.07) is 11.2. The quantitative estimate of drug-likeness (QED) is 0.600. The fraction of sp³-hybridized carbons (Fsp3) is 0.188. The third-order valence-electron chi connectivity index (χ3n) is 2.88. The summed E-state index contributed by atoms with van der Waals surface area (Å²) in [4.78, 5) is 13.0. The summed E-state index contributed by atoms with van der Waals surface area (Å²) >= 11 is 1.29. The highest BCUT2D eigenvalue weighted by Gasteiger charge is 2.13. The smallest absolute Gasteiger partial charge is 0.176 e. The summed E-state index contributed by atoms with van der Waals surface area (Å²) in [5, 5.41) is 0. The second-order valence-corrected chi connectivity index (χ2v) is 5.28. The first-order chi connectivity index (χ1) is 10.1. The van der Waals surface area contributed by atoms with Crippen molar-refractivity contribution in [1.82, 2.24) is 0 Å². The number of thioether (sulfide) groups is 1. The maximum absolute atomic E-state index is 13.1. The highest BCUT2D eigenvalue weighted by atomic mass is 32.2. The molecule has 0 aliphatic carbocycles. The predicted molar refractivity (Wildman–Crippen MR) is 81.0 cm³/mol. The van der Waals surface area contributed by atoms with Crippen LogP contribution in [0.3, 0.4) is 0 Å². The average Bonchev–Trinajstić information content (AvgIpc) is 2.52. The van der Waals surface area contributed by atoms with Crippen LogP contribution in [0.4, 0.5) is 4.39 Å². The Morgan fingerprint density at radius 3 is 2.62 bits per heavy atom. The van der Waals surface area contributed by atoms with Gasteiger partial charge in [-0.2, -0.15) is 0 Å². The molecule has 0 aromatic heterocycles. The van der Waals surface area contributed by atoms with Gasteiger partial charge in [0, 0.05) is 11.0 Å². The van der Waals surface area contributed by atoms with Gasteiger partial charge in [0.15, 0.2) is 5.78 Å². The van der Waals surface area contributed by atoms with E-state index in [-0.39, 0.29) is 17.4 Å². The Kier molecular flexibility index (Phi) is 5.22. The first-order valence-corrected chi connectivity index (χ1v) is 7.26. The summed E-state index contributed by atoms with van der Waals surface area (Å²) in [6.07, 6.45) is 0. The highest BCUT2D eigenvalue weighted by Crippen LogP contribution is 2.27. The molecule has 110 valence electrons. The van der Waals surface area contributed by atoms with E-state index in [0.29, 0.717) is 17.1 Å². The van der Waals surface area contributed by atoms with E-state index in [9.17, 15) is 9.18 Å². The van der Waals surface area contributed by atoms with Gasteiger partial charge in [-0.25, -0.2) is 4.39 Å². The van der Waals surface area contributed by atoms with Gasteiger partial charge >= 0.3 is 0 Å². The topological polar surface area (TPSA) is 35.5 Å². The number of halogens is 1. The number of methoxy groups -OCH3 is 2. The predicted octanol–water partition coefficient (Wildman–Crippen LogP) is 3.82. The number of carbonyl (C=O) groups is 1. The summed E-state index contributed by atoms with van der Waals surface area (Å²) in [5.74, 6) is 0.921. The lowest BCUT2D eigenvalue weighted by Gasteiger charge is -2.09. The number of hydrogen-bond acceptors (Lipinski definition) is 4. The number of carbonyl (C=O) groups excluding carboxylic acids is 1. The van der Waals surface area contributed by atoms with Crippen LogP contribution in [0.2, 0.25) is 0 Å². The summed E-state index contributed by atoms with van der Waals surface area (Å²) in [6.45, 7) is 0. The third-order valence-corrected chi connectivity index (χ3v) is 3.87. The molecular weight excluding hydrogens is 291 g/mol. The average molecular weight is 306 g/mol. The Morgan fingerprint density at radius 1 is 1.14 bits per heavy atom. The van der Waals surface area contributed by atoms with Crippen molar-refractivity contribution < 1.29 is 18.7 Å². The van der Waals surface area contributed by atoms with Crippen LogP contribution in [0, 0.1) is 5.82 Å². The van der Waals surface area contributed by atoms with Crippen molar-refractivity contribution in [3.05, 3.63) is 53.8 Å². The molecular formula is C16H15FO3S. The first kappa shape index (κ1) is 15.4. The molecule has 0 fully saturated rings. The van der Waals surface area contributed by atoms with Gasteiger partial charge in [0.25, 0.3) is 0 Å². The molecule has 2 rings (SSSR count). The fourth-order valence-corrected chi connectivity index (χ4v) is 2.64. The lowest BCUT2D eigenvalue weighted by molar-refractivity contribution is 0.101. The van der Waals surface area contributed by atoms with Crippen molar-refractivity contribution >= 4 is 17.5 Å². The Bertz CT molecular complexity index is 643. The van der Waals surface area contributed by atoms with Crippen molar-refractivity contribution in [3.8, 4) is 11.5 Å². The first-order valence-electron chi connectivity index (χ1n) is 6.27. The van der Waals surface area contributed by atoms with Gasteiger partial charge in [-0.05, 0) is 30.3 Å². The second kappa shape index (κ2) is 7.13. The molecule has 0 spiro atoms. The molecule has 5 heteroatoms. The summed E-state index contributed by atoms with van der Waals surface area (Å²) in [5.41, 5.74) is 0.488. The minimum atomic E-state index is -0.311. The molecule has 0 aliphatic rings. The molecule has 0 saturated carbocycles. The van der Waals surface area contributed by atoms with Crippen LogP contribution in [0.25, 0.3) is 0 Å².